The maximum absolute atomic E-state index is 14.3. The number of carbonyl (C=O) groups is 7. The second kappa shape index (κ2) is 19.7. The highest BCUT2D eigenvalue weighted by Gasteiger charge is 2.46. The van der Waals surface area contributed by atoms with Gasteiger partial charge in [0.1, 0.15) is 17.8 Å². The number of fused-ring (bicyclic) bond motifs is 4. The van der Waals surface area contributed by atoms with E-state index in [9.17, 15) is 47.1 Å². The number of carbonyl (C=O) groups excluding carboxylic acids is 6. The Balaban J connectivity index is 1.44. The molecule has 2 aliphatic rings. The fourth-order valence-corrected chi connectivity index (χ4v) is 6.97. The van der Waals surface area contributed by atoms with Crippen molar-refractivity contribution in [3.63, 3.8) is 0 Å². The van der Waals surface area contributed by atoms with Crippen molar-refractivity contribution in [3.05, 3.63) is 59.7 Å². The Morgan fingerprint density at radius 1 is 1.03 bits per heavy atom. The first-order valence-electron chi connectivity index (χ1n) is 18.7. The zero-order valence-corrected chi connectivity index (χ0v) is 33.6. The van der Waals surface area contributed by atoms with Crippen LogP contribution in [0.3, 0.4) is 0 Å². The summed E-state index contributed by atoms with van der Waals surface area (Å²) in [6, 6.07) is 6.93. The molecule has 1 saturated heterocycles. The van der Waals surface area contributed by atoms with Gasteiger partial charge >= 0.3 is 5.97 Å². The van der Waals surface area contributed by atoms with Crippen molar-refractivity contribution < 1.29 is 56.6 Å². The molecule has 2 aromatic rings. The molecule has 19 nitrogen and oxygen atoms in total. The number of Topliss-reactive ketones (excluding diaryl/α,β-unsaturated/α-hetero) is 1. The second-order valence-corrected chi connectivity index (χ2v) is 16.4. The van der Waals surface area contributed by atoms with Crippen molar-refractivity contribution in [2.24, 2.45) is 10.6 Å². The molecule has 2 unspecified atom stereocenters. The number of amides is 5. The Labute approximate surface area is 336 Å². The number of ether oxygens (including phenoxy) is 2. The number of aliphatic carboxylic acids is 1. The van der Waals surface area contributed by atoms with Crippen molar-refractivity contribution in [1.82, 2.24) is 26.2 Å². The minimum Gasteiger partial charge on any atom is -0.493 e. The normalized spacial score (nSPS) is 20.1. The summed E-state index contributed by atoms with van der Waals surface area (Å²) in [6.07, 6.45) is 0.374. The number of hydrogen-bond acceptors (Lipinski definition) is 11. The molecule has 0 aromatic heterocycles. The van der Waals surface area contributed by atoms with Crippen molar-refractivity contribution >= 4 is 57.2 Å². The third kappa shape index (κ3) is 13.0. The summed E-state index contributed by atoms with van der Waals surface area (Å²) in [5, 5.41) is 24.5. The van der Waals surface area contributed by atoms with Gasteiger partial charge in [-0.15, -0.1) is 0 Å². The summed E-state index contributed by atoms with van der Waals surface area (Å²) in [5.41, 5.74) is 0.00763. The quantitative estimate of drug-likeness (QED) is 0.132. The van der Waals surface area contributed by atoms with Gasteiger partial charge in [-0.05, 0) is 47.2 Å². The third-order valence-electron chi connectivity index (χ3n) is 9.34. The van der Waals surface area contributed by atoms with Gasteiger partial charge in [-0.2, -0.15) is 8.42 Å². The van der Waals surface area contributed by atoms with Crippen LogP contribution in [0, 0.1) is 5.41 Å². The predicted molar refractivity (Wildman–Crippen MR) is 208 cm³/mol. The van der Waals surface area contributed by atoms with Gasteiger partial charge in [0.15, 0.2) is 6.04 Å². The summed E-state index contributed by atoms with van der Waals surface area (Å²) in [6.45, 7) is 6.89. The van der Waals surface area contributed by atoms with E-state index in [4.69, 9.17) is 14.6 Å². The lowest BCUT2D eigenvalue weighted by atomic mass is 9.85. The lowest BCUT2D eigenvalue weighted by Crippen LogP contribution is -2.59. The number of ketones is 1. The van der Waals surface area contributed by atoms with Crippen LogP contribution in [0.4, 0.5) is 5.69 Å². The summed E-state index contributed by atoms with van der Waals surface area (Å²) in [5.74, 6) is -5.79. The maximum atomic E-state index is 14.3. The first-order chi connectivity index (χ1) is 27.2. The van der Waals surface area contributed by atoms with Crippen LogP contribution in [0.25, 0.3) is 0 Å². The van der Waals surface area contributed by atoms with Crippen molar-refractivity contribution in [1.29, 1.82) is 0 Å². The topological polar surface area (TPSA) is 282 Å². The standard InChI is InChI=1S/C38H51N7O12S/c1-5-8-27(32(48)35(50)40-20-30(47)42-31(37(52)53)23-11-13-24(14-12-23)44-58(39,54)55)41-34(49)28-19-26-21-45(28)36(51)33(38(2,3)4)43-29(46)18-22-9-6-10-25(17-22)56-15-7-16-57-26/h6,9-14,17,26-28,31,33,44H,5,7-8,15-16,18-21H2,1-4H3,(H,40,50)(H,41,49)(H,42,47)(H,43,46)(H,52,53)(H2,39,54,55)/t26?,27?,28-,31-,33+/m0/s1. The molecule has 20 heteroatoms. The Kier molecular flexibility index (Phi) is 15.3. The molecule has 2 heterocycles. The van der Waals surface area contributed by atoms with E-state index in [2.05, 4.69) is 21.3 Å². The fourth-order valence-electron chi connectivity index (χ4n) is 6.51. The van der Waals surface area contributed by atoms with Crippen LogP contribution in [0.1, 0.15) is 70.5 Å². The van der Waals surface area contributed by atoms with Crippen LogP contribution in [-0.4, -0.2) is 110 Å². The van der Waals surface area contributed by atoms with E-state index < -0.39 is 93.7 Å². The van der Waals surface area contributed by atoms with Crippen LogP contribution in [0.2, 0.25) is 0 Å². The highest BCUT2D eigenvalue weighted by Crippen LogP contribution is 2.28. The summed E-state index contributed by atoms with van der Waals surface area (Å²) < 4.78 is 36.4. The fraction of sp³-hybridized carbons (Fsp3) is 0.500. The molecule has 4 rings (SSSR count). The molecule has 8 N–H and O–H groups in total. The second-order valence-electron chi connectivity index (χ2n) is 15.1. The van der Waals surface area contributed by atoms with E-state index in [-0.39, 0.29) is 43.7 Å². The largest absolute Gasteiger partial charge is 0.493 e. The Morgan fingerprint density at radius 3 is 2.38 bits per heavy atom. The van der Waals surface area contributed by atoms with Gasteiger partial charge in [0, 0.05) is 25.1 Å². The molecule has 316 valence electrons. The average Bonchev–Trinajstić information content (AvgIpc) is 3.57. The van der Waals surface area contributed by atoms with Crippen LogP contribution < -0.4 is 35.9 Å². The van der Waals surface area contributed by atoms with E-state index in [1.807, 2.05) is 4.72 Å². The van der Waals surface area contributed by atoms with Crippen LogP contribution in [0.15, 0.2) is 48.5 Å². The van der Waals surface area contributed by atoms with E-state index in [1.165, 1.54) is 29.2 Å². The number of nitrogens with zero attached hydrogens (tertiary/aromatic N) is 1. The third-order valence-corrected chi connectivity index (χ3v) is 9.86. The number of nitrogens with two attached hydrogens (primary N) is 1. The van der Waals surface area contributed by atoms with Crippen LogP contribution >= 0.6 is 0 Å². The first-order valence-corrected chi connectivity index (χ1v) is 20.3. The van der Waals surface area contributed by atoms with Crippen LogP contribution in [0.5, 0.6) is 5.75 Å². The van der Waals surface area contributed by atoms with E-state index in [0.717, 1.165) is 0 Å². The maximum Gasteiger partial charge on any atom is 0.330 e. The molecule has 0 aliphatic carbocycles. The zero-order chi connectivity index (χ0) is 42.8. The molecule has 1 fully saturated rings. The molecule has 0 radical (unpaired) electrons. The number of hydrogen-bond donors (Lipinski definition) is 7. The van der Waals surface area contributed by atoms with E-state index in [0.29, 0.717) is 30.8 Å². The van der Waals surface area contributed by atoms with Gasteiger partial charge in [-0.3, -0.25) is 33.5 Å². The summed E-state index contributed by atoms with van der Waals surface area (Å²) in [4.78, 5) is 93.9. The molecule has 2 aromatic carbocycles. The number of carboxylic acids is 1. The molecule has 58 heavy (non-hydrogen) atoms. The molecular formula is C38H51N7O12S. The van der Waals surface area contributed by atoms with Crippen molar-refractivity contribution in [2.75, 3.05) is 31.0 Å². The smallest absolute Gasteiger partial charge is 0.330 e. The summed E-state index contributed by atoms with van der Waals surface area (Å²) >= 11 is 0. The predicted octanol–water partition coefficient (Wildman–Crippen LogP) is 0.0563. The van der Waals surface area contributed by atoms with Gasteiger partial charge in [0.25, 0.3) is 16.1 Å². The number of rotatable bonds is 13. The zero-order valence-electron chi connectivity index (χ0n) is 32.7. The van der Waals surface area contributed by atoms with Crippen molar-refractivity contribution in [3.8, 4) is 5.75 Å². The lowest BCUT2D eigenvalue weighted by Gasteiger charge is -2.35. The minimum absolute atomic E-state index is 0.0193. The van der Waals surface area contributed by atoms with Gasteiger partial charge in [0.2, 0.25) is 29.4 Å². The van der Waals surface area contributed by atoms with Gasteiger partial charge in [-0.25, -0.2) is 9.93 Å². The van der Waals surface area contributed by atoms with Gasteiger partial charge in [0.05, 0.1) is 38.3 Å². The summed E-state index contributed by atoms with van der Waals surface area (Å²) in [7, 11) is -4.08. The Morgan fingerprint density at radius 2 is 1.74 bits per heavy atom. The lowest BCUT2D eigenvalue weighted by molar-refractivity contribution is -0.145. The van der Waals surface area contributed by atoms with E-state index >= 15 is 0 Å². The molecule has 5 atom stereocenters. The average molecular weight is 830 g/mol. The Bertz CT molecular complexity index is 1970. The Hall–Kier alpha value is -5.60. The van der Waals surface area contributed by atoms with Gasteiger partial charge < -0.3 is 40.7 Å². The SMILES string of the molecule is CCCC(NC(=O)[C@@H]1CC2CN1C(=O)[C@H](C(C)(C)C)NC(=O)Cc1cccc(c1)OCCCO2)C(=O)C(=O)NCC(=O)N[C@H](C(=O)O)c1ccc(NS(N)(=O)=O)cc1. The van der Waals surface area contributed by atoms with E-state index in [1.54, 1.807) is 52.0 Å². The van der Waals surface area contributed by atoms with Crippen LogP contribution in [-0.2, 0) is 54.9 Å². The number of anilines is 1. The minimum atomic E-state index is -4.08. The molecule has 5 amide bonds. The number of nitrogens with one attached hydrogen (secondary N) is 5. The molecule has 4 bridgehead atoms. The molecule has 0 saturated carbocycles. The highest BCUT2D eigenvalue weighted by atomic mass is 32.2. The molecule has 2 aliphatic heterocycles. The number of benzene rings is 2. The molecular weight excluding hydrogens is 779 g/mol. The monoisotopic (exact) mass is 829 g/mol. The first kappa shape index (κ1) is 45.1. The number of carboxylic acid groups (broad SMARTS) is 1. The highest BCUT2D eigenvalue weighted by molar-refractivity contribution is 7.90. The van der Waals surface area contributed by atoms with Gasteiger partial charge in [-0.1, -0.05) is 58.4 Å². The van der Waals surface area contributed by atoms with Crippen molar-refractivity contribution in [2.45, 2.75) is 90.1 Å². The molecule has 0 spiro atoms.